The highest BCUT2D eigenvalue weighted by atomic mass is 79.9. The second-order valence-corrected chi connectivity index (χ2v) is 5.23. The number of rotatable bonds is 1. The molecule has 0 saturated heterocycles. The Labute approximate surface area is 114 Å². The topological polar surface area (TPSA) is 17.3 Å². The van der Waals surface area contributed by atoms with Gasteiger partial charge in [-0.2, -0.15) is 0 Å². The van der Waals surface area contributed by atoms with E-state index in [-0.39, 0.29) is 0 Å². The van der Waals surface area contributed by atoms with Crippen molar-refractivity contribution >= 4 is 21.4 Å². The van der Waals surface area contributed by atoms with Gasteiger partial charge in [-0.05, 0) is 59.1 Å². The summed E-state index contributed by atoms with van der Waals surface area (Å²) in [6.45, 7) is 4.25. The van der Waals surface area contributed by atoms with Crippen LogP contribution in [0.25, 0.3) is 16.9 Å². The molecule has 3 aromatic rings. The first-order chi connectivity index (χ1) is 8.66. The first-order valence-corrected chi connectivity index (χ1v) is 6.66. The maximum atomic E-state index is 4.61. The van der Waals surface area contributed by atoms with Gasteiger partial charge in [-0.3, -0.25) is 4.40 Å². The van der Waals surface area contributed by atoms with E-state index in [1.807, 2.05) is 18.3 Å². The summed E-state index contributed by atoms with van der Waals surface area (Å²) in [5, 5.41) is 0. The summed E-state index contributed by atoms with van der Waals surface area (Å²) in [6.07, 6.45) is 2.04. The standard InChI is InChI=1S/C15H13BrN2/c1-10-6-7-12(9-11(10)2)15-17-14(16)13-5-3-4-8-18(13)15/h3-9H,1-2H3. The zero-order valence-corrected chi connectivity index (χ0v) is 11.9. The van der Waals surface area contributed by atoms with Crippen molar-refractivity contribution in [1.82, 2.24) is 9.38 Å². The van der Waals surface area contributed by atoms with Crippen LogP contribution in [0.2, 0.25) is 0 Å². The van der Waals surface area contributed by atoms with Crippen molar-refractivity contribution in [3.63, 3.8) is 0 Å². The Morgan fingerprint density at radius 3 is 2.67 bits per heavy atom. The minimum absolute atomic E-state index is 0.885. The number of halogens is 1. The van der Waals surface area contributed by atoms with Crippen LogP contribution in [0.3, 0.4) is 0 Å². The number of aromatic nitrogens is 2. The lowest BCUT2D eigenvalue weighted by molar-refractivity contribution is 1.16. The number of nitrogens with zero attached hydrogens (tertiary/aromatic N) is 2. The van der Waals surface area contributed by atoms with Crippen LogP contribution >= 0.6 is 15.9 Å². The highest BCUT2D eigenvalue weighted by Gasteiger charge is 2.10. The first kappa shape index (κ1) is 11.5. The molecule has 0 spiro atoms. The number of imidazole rings is 1. The molecule has 3 heteroatoms. The van der Waals surface area contributed by atoms with E-state index in [4.69, 9.17) is 0 Å². The molecule has 3 rings (SSSR count). The molecule has 0 amide bonds. The molecule has 2 nitrogen and oxygen atoms in total. The minimum atomic E-state index is 0.885. The molecule has 2 heterocycles. The summed E-state index contributed by atoms with van der Waals surface area (Å²) in [5.41, 5.74) is 4.82. The maximum Gasteiger partial charge on any atom is 0.145 e. The molecule has 0 atom stereocenters. The van der Waals surface area contributed by atoms with Gasteiger partial charge in [0.1, 0.15) is 10.4 Å². The van der Waals surface area contributed by atoms with Crippen LogP contribution in [0.15, 0.2) is 47.2 Å². The van der Waals surface area contributed by atoms with Gasteiger partial charge in [0.2, 0.25) is 0 Å². The van der Waals surface area contributed by atoms with E-state index in [1.165, 1.54) is 11.1 Å². The normalized spacial score (nSPS) is 11.1. The summed E-state index contributed by atoms with van der Waals surface area (Å²) in [7, 11) is 0. The van der Waals surface area contributed by atoms with Gasteiger partial charge in [0.15, 0.2) is 0 Å². The molecule has 0 radical (unpaired) electrons. The summed E-state index contributed by atoms with van der Waals surface area (Å²) < 4.78 is 2.99. The quantitative estimate of drug-likeness (QED) is 0.652. The average molecular weight is 301 g/mol. The van der Waals surface area contributed by atoms with E-state index < -0.39 is 0 Å². The summed E-state index contributed by atoms with van der Waals surface area (Å²) in [6, 6.07) is 12.5. The molecule has 0 unspecified atom stereocenters. The minimum Gasteiger partial charge on any atom is -0.299 e. The lowest BCUT2D eigenvalue weighted by atomic mass is 10.1. The van der Waals surface area contributed by atoms with Crippen LogP contribution in [0.4, 0.5) is 0 Å². The number of hydrogen-bond donors (Lipinski definition) is 0. The number of fused-ring (bicyclic) bond motifs is 1. The Morgan fingerprint density at radius 1 is 1.06 bits per heavy atom. The van der Waals surface area contributed by atoms with E-state index >= 15 is 0 Å². The van der Waals surface area contributed by atoms with E-state index in [1.54, 1.807) is 0 Å². The van der Waals surface area contributed by atoms with Crippen molar-refractivity contribution < 1.29 is 0 Å². The van der Waals surface area contributed by atoms with Crippen molar-refractivity contribution in [2.75, 3.05) is 0 Å². The van der Waals surface area contributed by atoms with Gasteiger partial charge >= 0.3 is 0 Å². The number of aryl methyl sites for hydroxylation is 2. The zero-order valence-electron chi connectivity index (χ0n) is 10.3. The molecule has 0 aliphatic carbocycles. The Balaban J connectivity index is 2.28. The maximum absolute atomic E-state index is 4.61. The van der Waals surface area contributed by atoms with Crippen LogP contribution in [0.5, 0.6) is 0 Å². The molecule has 1 aromatic carbocycles. The molecule has 90 valence electrons. The van der Waals surface area contributed by atoms with Crippen molar-refractivity contribution in [1.29, 1.82) is 0 Å². The number of hydrogen-bond acceptors (Lipinski definition) is 1. The monoisotopic (exact) mass is 300 g/mol. The largest absolute Gasteiger partial charge is 0.299 e. The van der Waals surface area contributed by atoms with Crippen LogP contribution in [-0.2, 0) is 0 Å². The van der Waals surface area contributed by atoms with Crippen molar-refractivity contribution in [3.05, 3.63) is 58.3 Å². The van der Waals surface area contributed by atoms with Crippen molar-refractivity contribution in [2.24, 2.45) is 0 Å². The highest BCUT2D eigenvalue weighted by Crippen LogP contribution is 2.27. The fourth-order valence-corrected chi connectivity index (χ4v) is 2.58. The Kier molecular flexibility index (Phi) is 2.71. The molecule has 0 fully saturated rings. The molecule has 0 bridgehead atoms. The van der Waals surface area contributed by atoms with E-state index in [2.05, 4.69) is 63.4 Å². The fraction of sp³-hybridized carbons (Fsp3) is 0.133. The van der Waals surface area contributed by atoms with Crippen molar-refractivity contribution in [2.45, 2.75) is 13.8 Å². The lowest BCUT2D eigenvalue weighted by Crippen LogP contribution is -1.90. The average Bonchev–Trinajstić information content (AvgIpc) is 2.71. The zero-order chi connectivity index (χ0) is 12.7. The molecule has 0 N–H and O–H groups in total. The second-order valence-electron chi connectivity index (χ2n) is 4.48. The van der Waals surface area contributed by atoms with Gasteiger partial charge < -0.3 is 0 Å². The van der Waals surface area contributed by atoms with Crippen molar-refractivity contribution in [3.8, 4) is 11.4 Å². The van der Waals surface area contributed by atoms with Crippen LogP contribution in [0, 0.1) is 13.8 Å². The van der Waals surface area contributed by atoms with Crippen LogP contribution in [-0.4, -0.2) is 9.38 Å². The SMILES string of the molecule is Cc1ccc(-c2nc(Br)c3ccccn23)cc1C. The molecule has 0 aliphatic heterocycles. The first-order valence-electron chi connectivity index (χ1n) is 5.87. The van der Waals surface area contributed by atoms with Crippen LogP contribution < -0.4 is 0 Å². The number of pyridine rings is 1. The summed E-state index contributed by atoms with van der Waals surface area (Å²) in [5.74, 6) is 0.973. The molecular formula is C15H13BrN2. The Bertz CT molecular complexity index is 728. The predicted octanol–water partition coefficient (Wildman–Crippen LogP) is 4.38. The third-order valence-electron chi connectivity index (χ3n) is 3.27. The third-order valence-corrected chi connectivity index (χ3v) is 3.85. The van der Waals surface area contributed by atoms with Gasteiger partial charge in [0.05, 0.1) is 5.52 Å². The van der Waals surface area contributed by atoms with Gasteiger partial charge in [0, 0.05) is 11.8 Å². The molecular weight excluding hydrogens is 288 g/mol. The van der Waals surface area contributed by atoms with Gasteiger partial charge in [-0.15, -0.1) is 0 Å². The molecule has 0 aliphatic rings. The third kappa shape index (κ3) is 1.75. The second kappa shape index (κ2) is 4.25. The van der Waals surface area contributed by atoms with E-state index in [0.717, 1.165) is 21.5 Å². The van der Waals surface area contributed by atoms with Gasteiger partial charge in [0.25, 0.3) is 0 Å². The highest BCUT2D eigenvalue weighted by molar-refractivity contribution is 9.10. The predicted molar refractivity (Wildman–Crippen MR) is 77.8 cm³/mol. The lowest BCUT2D eigenvalue weighted by Gasteiger charge is -2.04. The molecule has 0 saturated carbocycles. The van der Waals surface area contributed by atoms with Crippen LogP contribution in [0.1, 0.15) is 11.1 Å². The van der Waals surface area contributed by atoms with E-state index in [0.29, 0.717) is 0 Å². The van der Waals surface area contributed by atoms with Gasteiger partial charge in [-0.1, -0.05) is 18.2 Å². The van der Waals surface area contributed by atoms with E-state index in [9.17, 15) is 0 Å². The molecule has 2 aromatic heterocycles. The number of benzene rings is 1. The summed E-state index contributed by atoms with van der Waals surface area (Å²) in [4.78, 5) is 4.61. The smallest absolute Gasteiger partial charge is 0.145 e. The molecule has 18 heavy (non-hydrogen) atoms. The van der Waals surface area contributed by atoms with Gasteiger partial charge in [-0.25, -0.2) is 4.98 Å². The Hall–Kier alpha value is -1.61. The Morgan fingerprint density at radius 2 is 1.89 bits per heavy atom. The summed E-state index contributed by atoms with van der Waals surface area (Å²) >= 11 is 3.52. The fourth-order valence-electron chi connectivity index (χ4n) is 2.08.